The molecule has 3 heterocycles. The lowest BCUT2D eigenvalue weighted by Crippen LogP contribution is -2.66. The number of benzene rings is 2. The van der Waals surface area contributed by atoms with E-state index in [1.165, 1.54) is 35.9 Å². The first-order chi connectivity index (χ1) is 22.8. The van der Waals surface area contributed by atoms with Crippen LogP contribution in [-0.2, 0) is 29.0 Å². The fourth-order valence-corrected chi connectivity index (χ4v) is 8.23. The number of aliphatic carboxylic acids is 1. The van der Waals surface area contributed by atoms with Crippen LogP contribution in [0.4, 0.5) is 13.2 Å². The lowest BCUT2D eigenvalue weighted by molar-refractivity contribution is -0.274. The SMILES string of the molecule is COc1cc(OC(F)(F)F)ccc1CN1CCc2cc(C3C(C)NC(C)C(C(OC(C)(C)C)C(=O)O)C3N3CCC(C)(C)CC3)ccc2C1. The zero-order valence-electron chi connectivity index (χ0n) is 30.2. The molecule has 0 aromatic heterocycles. The molecule has 2 saturated heterocycles. The van der Waals surface area contributed by atoms with Gasteiger partial charge < -0.3 is 24.6 Å². The number of methoxy groups -OCH3 is 1. The average Bonchev–Trinajstić information content (AvgIpc) is 2.99. The van der Waals surface area contributed by atoms with Crippen molar-refractivity contribution in [3.05, 3.63) is 58.7 Å². The van der Waals surface area contributed by atoms with E-state index in [0.717, 1.165) is 44.5 Å². The summed E-state index contributed by atoms with van der Waals surface area (Å²) in [4.78, 5) is 17.7. The Morgan fingerprint density at radius 1 is 1.02 bits per heavy atom. The molecular weight excluding hydrogens is 635 g/mol. The molecule has 0 saturated carbocycles. The standard InChI is InChI=1S/C38H54F3N3O5/c1-23-31(33(44-17-14-37(6,7)15-18-44)32(24(2)42-23)34(35(45)46)49-36(3,4)5)26-9-10-27-21-43(16-13-25(27)19-26)22-28-11-12-29(20-30(28)47-8)48-38(39,40)41/h9-12,19-20,23-24,31-34,42H,13-18,21-22H2,1-8H3,(H,45,46). The zero-order chi connectivity index (χ0) is 35.9. The number of hydrogen-bond acceptors (Lipinski definition) is 7. The van der Waals surface area contributed by atoms with Crippen LogP contribution in [0.2, 0.25) is 0 Å². The van der Waals surface area contributed by atoms with Gasteiger partial charge in [-0.15, -0.1) is 13.2 Å². The summed E-state index contributed by atoms with van der Waals surface area (Å²) in [5.74, 6) is -1.09. The van der Waals surface area contributed by atoms with Crippen molar-refractivity contribution in [3.8, 4) is 11.5 Å². The summed E-state index contributed by atoms with van der Waals surface area (Å²) in [7, 11) is 1.45. The van der Waals surface area contributed by atoms with Gasteiger partial charge >= 0.3 is 12.3 Å². The fraction of sp³-hybridized carbons (Fsp3) is 0.658. The van der Waals surface area contributed by atoms with Crippen LogP contribution in [-0.4, -0.2) is 83.8 Å². The van der Waals surface area contributed by atoms with Crippen molar-refractivity contribution in [3.63, 3.8) is 0 Å². The molecule has 2 fully saturated rings. The number of rotatable bonds is 9. The first-order valence-electron chi connectivity index (χ1n) is 17.5. The second-order valence-corrected chi connectivity index (χ2v) is 16.0. The van der Waals surface area contributed by atoms with Crippen LogP contribution in [0.25, 0.3) is 0 Å². The minimum absolute atomic E-state index is 0.0271. The molecule has 0 spiro atoms. The molecule has 0 aliphatic carbocycles. The third-order valence-corrected chi connectivity index (χ3v) is 10.6. The Morgan fingerprint density at radius 3 is 2.33 bits per heavy atom. The van der Waals surface area contributed by atoms with E-state index in [9.17, 15) is 23.1 Å². The number of fused-ring (bicyclic) bond motifs is 1. The predicted molar refractivity (Wildman–Crippen MR) is 183 cm³/mol. The second-order valence-electron chi connectivity index (χ2n) is 16.0. The molecule has 0 radical (unpaired) electrons. The normalized spacial score (nSPS) is 27.3. The highest BCUT2D eigenvalue weighted by Gasteiger charge is 2.51. The summed E-state index contributed by atoms with van der Waals surface area (Å²) in [5.41, 5.74) is 4.12. The highest BCUT2D eigenvalue weighted by atomic mass is 19.4. The first kappa shape index (κ1) is 37.4. The Kier molecular flexibility index (Phi) is 11.0. The lowest BCUT2D eigenvalue weighted by atomic mass is 9.68. The molecule has 5 rings (SSSR count). The Labute approximate surface area is 289 Å². The van der Waals surface area contributed by atoms with E-state index in [1.807, 2.05) is 20.8 Å². The van der Waals surface area contributed by atoms with Gasteiger partial charge in [0, 0.05) is 61.2 Å². The number of likely N-dealkylation sites (tertiary alicyclic amines) is 1. The number of carboxylic acid groups (broad SMARTS) is 1. The summed E-state index contributed by atoms with van der Waals surface area (Å²) in [5, 5.41) is 14.3. The largest absolute Gasteiger partial charge is 0.573 e. The molecule has 272 valence electrons. The smallest absolute Gasteiger partial charge is 0.496 e. The van der Waals surface area contributed by atoms with Crippen molar-refractivity contribution in [1.82, 2.24) is 15.1 Å². The topological polar surface area (TPSA) is 83.5 Å². The molecule has 2 N–H and O–H groups in total. The van der Waals surface area contributed by atoms with E-state index in [-0.39, 0.29) is 41.1 Å². The molecule has 11 heteroatoms. The van der Waals surface area contributed by atoms with E-state index in [1.54, 1.807) is 6.07 Å². The number of ether oxygens (including phenoxy) is 3. The van der Waals surface area contributed by atoms with E-state index in [4.69, 9.17) is 9.47 Å². The number of nitrogens with zero attached hydrogens (tertiary/aromatic N) is 2. The van der Waals surface area contributed by atoms with Crippen LogP contribution in [0, 0.1) is 11.3 Å². The minimum atomic E-state index is -4.77. The molecule has 6 atom stereocenters. The van der Waals surface area contributed by atoms with E-state index in [2.05, 4.69) is 65.7 Å². The van der Waals surface area contributed by atoms with Crippen molar-refractivity contribution >= 4 is 5.97 Å². The highest BCUT2D eigenvalue weighted by molar-refractivity contribution is 5.73. The molecule has 0 amide bonds. The Morgan fingerprint density at radius 2 is 1.71 bits per heavy atom. The fourth-order valence-electron chi connectivity index (χ4n) is 8.23. The summed E-state index contributed by atoms with van der Waals surface area (Å²) >= 11 is 0. The lowest BCUT2D eigenvalue weighted by Gasteiger charge is -2.54. The number of halogens is 3. The maximum absolute atomic E-state index is 12.9. The average molecular weight is 690 g/mol. The molecule has 49 heavy (non-hydrogen) atoms. The van der Waals surface area contributed by atoms with Crippen molar-refractivity contribution in [2.75, 3.05) is 26.7 Å². The van der Waals surface area contributed by atoms with Crippen molar-refractivity contribution in [2.45, 2.75) is 123 Å². The number of hydrogen-bond donors (Lipinski definition) is 2. The molecule has 3 aliphatic rings. The quantitative estimate of drug-likeness (QED) is 0.292. The third-order valence-electron chi connectivity index (χ3n) is 10.6. The van der Waals surface area contributed by atoms with Gasteiger partial charge in [-0.05, 0) is 95.1 Å². The van der Waals surface area contributed by atoms with E-state index in [0.29, 0.717) is 18.8 Å². The van der Waals surface area contributed by atoms with Crippen LogP contribution in [0.1, 0.15) is 89.5 Å². The van der Waals surface area contributed by atoms with Gasteiger partial charge in [0.1, 0.15) is 11.5 Å². The van der Waals surface area contributed by atoms with Crippen LogP contribution in [0.15, 0.2) is 36.4 Å². The number of alkyl halides is 3. The predicted octanol–water partition coefficient (Wildman–Crippen LogP) is 6.99. The van der Waals surface area contributed by atoms with Gasteiger partial charge in [0.25, 0.3) is 0 Å². The molecule has 8 nitrogen and oxygen atoms in total. The van der Waals surface area contributed by atoms with Gasteiger partial charge in [0.15, 0.2) is 6.10 Å². The molecule has 2 aromatic carbocycles. The van der Waals surface area contributed by atoms with Crippen molar-refractivity contribution in [1.29, 1.82) is 0 Å². The molecular formula is C38H54F3N3O5. The van der Waals surface area contributed by atoms with Crippen molar-refractivity contribution < 1.29 is 37.3 Å². The van der Waals surface area contributed by atoms with Gasteiger partial charge in [-0.1, -0.05) is 38.1 Å². The molecule has 6 unspecified atom stereocenters. The first-order valence-corrected chi connectivity index (χ1v) is 17.5. The number of piperidine rings is 2. The number of carbonyl (C=O) groups is 1. The Balaban J connectivity index is 1.42. The van der Waals surface area contributed by atoms with Gasteiger partial charge in [-0.25, -0.2) is 4.79 Å². The van der Waals surface area contributed by atoms with Gasteiger partial charge in [0.2, 0.25) is 0 Å². The Bertz CT molecular complexity index is 1470. The van der Waals surface area contributed by atoms with Gasteiger partial charge in [0.05, 0.1) is 12.7 Å². The summed E-state index contributed by atoms with van der Waals surface area (Å²) in [6.45, 7) is 18.5. The molecule has 3 aliphatic heterocycles. The second kappa shape index (κ2) is 14.4. The van der Waals surface area contributed by atoms with Crippen LogP contribution in [0.3, 0.4) is 0 Å². The van der Waals surface area contributed by atoms with Gasteiger partial charge in [-0.2, -0.15) is 0 Å². The number of carboxylic acids is 1. The van der Waals surface area contributed by atoms with E-state index >= 15 is 0 Å². The molecule has 0 bridgehead atoms. The minimum Gasteiger partial charge on any atom is -0.496 e. The maximum atomic E-state index is 12.9. The zero-order valence-corrected chi connectivity index (χ0v) is 30.2. The highest BCUT2D eigenvalue weighted by Crippen LogP contribution is 2.44. The summed E-state index contributed by atoms with van der Waals surface area (Å²) in [6.07, 6.45) is -2.80. The van der Waals surface area contributed by atoms with Crippen LogP contribution in [0.5, 0.6) is 11.5 Å². The summed E-state index contributed by atoms with van der Waals surface area (Å²) < 4.78 is 54.1. The summed E-state index contributed by atoms with van der Waals surface area (Å²) in [6, 6.07) is 11.0. The monoisotopic (exact) mass is 689 g/mol. The van der Waals surface area contributed by atoms with Crippen molar-refractivity contribution in [2.24, 2.45) is 11.3 Å². The Hall–Kier alpha value is -2.86. The number of nitrogens with one attached hydrogen (secondary N) is 1. The maximum Gasteiger partial charge on any atom is 0.573 e. The van der Waals surface area contributed by atoms with Crippen LogP contribution >= 0.6 is 0 Å². The third kappa shape index (κ3) is 9.09. The molecule has 2 aromatic rings. The van der Waals surface area contributed by atoms with Crippen LogP contribution < -0.4 is 14.8 Å². The van der Waals surface area contributed by atoms with Gasteiger partial charge in [-0.3, -0.25) is 9.80 Å². The van der Waals surface area contributed by atoms with E-state index < -0.39 is 24.0 Å².